The molecule has 0 radical (unpaired) electrons. The Labute approximate surface area is 115 Å². The molecule has 1 aliphatic rings. The third-order valence-electron chi connectivity index (χ3n) is 3.59. The Morgan fingerprint density at radius 2 is 1.53 bits per heavy atom. The van der Waals surface area contributed by atoms with Crippen molar-refractivity contribution in [2.75, 3.05) is 6.61 Å². The van der Waals surface area contributed by atoms with E-state index in [1.54, 1.807) is 6.92 Å². The van der Waals surface area contributed by atoms with E-state index in [0.29, 0.717) is 6.61 Å². The Morgan fingerprint density at radius 1 is 0.895 bits per heavy atom. The Bertz CT molecular complexity index is 236. The van der Waals surface area contributed by atoms with Gasteiger partial charge in [0.25, 0.3) is 0 Å². The molecular weight excluding hydrogens is 248 g/mol. The first-order valence-electron chi connectivity index (χ1n) is 7.39. The molecule has 1 rings (SSSR count). The van der Waals surface area contributed by atoms with Crippen LogP contribution in [-0.4, -0.2) is 52.6 Å². The van der Waals surface area contributed by atoms with Crippen molar-refractivity contribution in [1.29, 1.82) is 0 Å². The minimum absolute atomic E-state index is 0.503. The van der Waals surface area contributed by atoms with E-state index in [4.69, 9.17) is 9.47 Å². The van der Waals surface area contributed by atoms with Crippen molar-refractivity contribution in [3.05, 3.63) is 0 Å². The lowest BCUT2D eigenvalue weighted by Gasteiger charge is -2.38. The topological polar surface area (TPSA) is 79.2 Å². The summed E-state index contributed by atoms with van der Waals surface area (Å²) in [6.07, 6.45) is 2.13. The smallest absolute Gasteiger partial charge is 0.186 e. The van der Waals surface area contributed by atoms with Gasteiger partial charge >= 0.3 is 0 Å². The predicted molar refractivity (Wildman–Crippen MR) is 71.7 cm³/mol. The summed E-state index contributed by atoms with van der Waals surface area (Å²) in [4.78, 5) is 0. The van der Waals surface area contributed by atoms with Crippen LogP contribution in [-0.2, 0) is 9.47 Å². The van der Waals surface area contributed by atoms with Crippen molar-refractivity contribution < 1.29 is 24.8 Å². The van der Waals surface area contributed by atoms with Crippen LogP contribution in [0.5, 0.6) is 0 Å². The molecule has 19 heavy (non-hydrogen) atoms. The summed E-state index contributed by atoms with van der Waals surface area (Å²) in [6, 6.07) is 0. The average Bonchev–Trinajstić information content (AvgIpc) is 2.41. The van der Waals surface area contributed by atoms with Crippen molar-refractivity contribution in [2.24, 2.45) is 0 Å². The van der Waals surface area contributed by atoms with E-state index in [2.05, 4.69) is 6.92 Å². The molecule has 1 aliphatic heterocycles. The lowest BCUT2D eigenvalue weighted by Crippen LogP contribution is -2.57. The maximum atomic E-state index is 9.74. The van der Waals surface area contributed by atoms with Crippen LogP contribution in [0.3, 0.4) is 0 Å². The molecule has 0 aromatic rings. The molecule has 1 heterocycles. The van der Waals surface area contributed by atoms with Gasteiger partial charge in [0.2, 0.25) is 0 Å². The van der Waals surface area contributed by atoms with Gasteiger partial charge in [-0.3, -0.25) is 0 Å². The molecule has 5 heteroatoms. The highest BCUT2D eigenvalue weighted by Gasteiger charge is 2.42. The zero-order valence-electron chi connectivity index (χ0n) is 12.0. The molecule has 0 aromatic heterocycles. The Balaban J connectivity index is 2.15. The SMILES string of the molecule is CCCCCCCCO[C@@H]1O[C@H](C)[C@H](O)[C@H](O)[C@H]1O. The van der Waals surface area contributed by atoms with Crippen LogP contribution in [0.1, 0.15) is 52.4 Å². The summed E-state index contributed by atoms with van der Waals surface area (Å²) in [5.74, 6) is 0. The zero-order chi connectivity index (χ0) is 14.3. The molecule has 0 unspecified atom stereocenters. The molecule has 0 saturated carbocycles. The third-order valence-corrected chi connectivity index (χ3v) is 3.59. The van der Waals surface area contributed by atoms with Gasteiger partial charge in [0.05, 0.1) is 6.10 Å². The lowest BCUT2D eigenvalue weighted by molar-refractivity contribution is -0.293. The number of ether oxygens (including phenoxy) is 2. The molecule has 0 bridgehead atoms. The highest BCUT2D eigenvalue weighted by Crippen LogP contribution is 2.22. The Kier molecular flexibility index (Phi) is 7.87. The molecule has 0 amide bonds. The number of aliphatic hydroxyl groups is 3. The summed E-state index contributed by atoms with van der Waals surface area (Å²) < 4.78 is 10.8. The van der Waals surface area contributed by atoms with E-state index < -0.39 is 30.7 Å². The maximum Gasteiger partial charge on any atom is 0.186 e. The van der Waals surface area contributed by atoms with Gasteiger partial charge in [-0.2, -0.15) is 0 Å². The van der Waals surface area contributed by atoms with E-state index in [1.165, 1.54) is 25.7 Å². The van der Waals surface area contributed by atoms with Gasteiger partial charge < -0.3 is 24.8 Å². The van der Waals surface area contributed by atoms with Crippen LogP contribution in [0.4, 0.5) is 0 Å². The van der Waals surface area contributed by atoms with Crippen LogP contribution in [0, 0.1) is 0 Å². The van der Waals surface area contributed by atoms with Crippen molar-refractivity contribution in [3.8, 4) is 0 Å². The first-order chi connectivity index (χ1) is 9.07. The van der Waals surface area contributed by atoms with Crippen LogP contribution >= 0.6 is 0 Å². The van der Waals surface area contributed by atoms with Crippen LogP contribution in [0.25, 0.3) is 0 Å². The largest absolute Gasteiger partial charge is 0.388 e. The fraction of sp³-hybridized carbons (Fsp3) is 1.00. The van der Waals surface area contributed by atoms with Crippen molar-refractivity contribution in [3.63, 3.8) is 0 Å². The standard InChI is InChI=1S/C14H28O5/c1-3-4-5-6-7-8-9-18-14-13(17)12(16)11(15)10(2)19-14/h10-17H,3-9H2,1-2H3/t10-,11+,12+,13-,14-/m1/s1. The molecule has 0 aliphatic carbocycles. The molecule has 0 spiro atoms. The summed E-state index contributed by atoms with van der Waals surface area (Å²) in [7, 11) is 0. The number of hydrogen-bond acceptors (Lipinski definition) is 5. The van der Waals surface area contributed by atoms with Gasteiger partial charge in [-0.25, -0.2) is 0 Å². The van der Waals surface area contributed by atoms with Crippen LogP contribution in [0.15, 0.2) is 0 Å². The van der Waals surface area contributed by atoms with Crippen molar-refractivity contribution in [1.82, 2.24) is 0 Å². The Morgan fingerprint density at radius 3 is 2.21 bits per heavy atom. The van der Waals surface area contributed by atoms with Gasteiger partial charge in [0, 0.05) is 6.61 Å². The summed E-state index contributed by atoms with van der Waals surface area (Å²) in [6.45, 7) is 4.34. The fourth-order valence-corrected chi connectivity index (χ4v) is 2.23. The van der Waals surface area contributed by atoms with Gasteiger partial charge in [0.1, 0.15) is 18.3 Å². The van der Waals surface area contributed by atoms with E-state index in [1.807, 2.05) is 0 Å². The maximum absolute atomic E-state index is 9.74. The molecule has 5 nitrogen and oxygen atoms in total. The highest BCUT2D eigenvalue weighted by molar-refractivity contribution is 4.87. The van der Waals surface area contributed by atoms with E-state index in [9.17, 15) is 15.3 Å². The molecule has 1 saturated heterocycles. The predicted octanol–water partition coefficient (Wildman–Crippen LogP) is 1.19. The third kappa shape index (κ3) is 5.36. The molecule has 1 fully saturated rings. The molecule has 0 aromatic carbocycles. The number of aliphatic hydroxyl groups excluding tert-OH is 3. The second kappa shape index (κ2) is 8.87. The summed E-state index contributed by atoms with van der Waals surface area (Å²) in [5.41, 5.74) is 0. The summed E-state index contributed by atoms with van der Waals surface area (Å²) in [5, 5.41) is 28.9. The molecule has 5 atom stereocenters. The van der Waals surface area contributed by atoms with Gasteiger partial charge in [-0.15, -0.1) is 0 Å². The van der Waals surface area contributed by atoms with Crippen LogP contribution < -0.4 is 0 Å². The molecule has 3 N–H and O–H groups in total. The van der Waals surface area contributed by atoms with Crippen molar-refractivity contribution >= 4 is 0 Å². The minimum Gasteiger partial charge on any atom is -0.388 e. The minimum atomic E-state index is -1.21. The zero-order valence-corrected chi connectivity index (χ0v) is 12.0. The summed E-state index contributed by atoms with van der Waals surface area (Å²) >= 11 is 0. The van der Waals surface area contributed by atoms with Crippen LogP contribution in [0.2, 0.25) is 0 Å². The van der Waals surface area contributed by atoms with Gasteiger partial charge in [-0.05, 0) is 13.3 Å². The number of unbranched alkanes of at least 4 members (excludes halogenated alkanes) is 5. The number of rotatable bonds is 8. The van der Waals surface area contributed by atoms with Gasteiger partial charge in [-0.1, -0.05) is 39.0 Å². The Hall–Kier alpha value is -0.200. The van der Waals surface area contributed by atoms with Crippen molar-refractivity contribution in [2.45, 2.75) is 83.1 Å². The lowest BCUT2D eigenvalue weighted by atomic mass is 10.00. The van der Waals surface area contributed by atoms with E-state index >= 15 is 0 Å². The number of hydrogen-bond donors (Lipinski definition) is 3. The second-order valence-electron chi connectivity index (χ2n) is 5.32. The monoisotopic (exact) mass is 276 g/mol. The van der Waals surface area contributed by atoms with Gasteiger partial charge in [0.15, 0.2) is 6.29 Å². The normalized spacial score (nSPS) is 35.5. The first kappa shape index (κ1) is 16.9. The average molecular weight is 276 g/mol. The first-order valence-corrected chi connectivity index (χ1v) is 7.39. The van der Waals surface area contributed by atoms with E-state index in [-0.39, 0.29) is 0 Å². The van der Waals surface area contributed by atoms with E-state index in [0.717, 1.165) is 12.8 Å². The molecular formula is C14H28O5. The second-order valence-corrected chi connectivity index (χ2v) is 5.32. The fourth-order valence-electron chi connectivity index (χ4n) is 2.23. The highest BCUT2D eigenvalue weighted by atomic mass is 16.7. The molecule has 114 valence electrons. The quantitative estimate of drug-likeness (QED) is 0.580.